The van der Waals surface area contributed by atoms with Gasteiger partial charge in [-0.2, -0.15) is 0 Å². The van der Waals surface area contributed by atoms with Gasteiger partial charge in [0.1, 0.15) is 5.69 Å². The lowest BCUT2D eigenvalue weighted by Gasteiger charge is -2.18. The van der Waals surface area contributed by atoms with Crippen molar-refractivity contribution in [2.45, 2.75) is 18.9 Å². The molecule has 2 heterocycles. The van der Waals surface area contributed by atoms with Crippen LogP contribution < -0.4 is 11.3 Å². The smallest absolute Gasteiger partial charge is 0.270 e. The number of halogens is 1. The molecular weight excluding hydrogens is 314 g/mol. The van der Waals surface area contributed by atoms with E-state index in [-0.39, 0.29) is 29.9 Å². The van der Waals surface area contributed by atoms with Gasteiger partial charge in [0, 0.05) is 24.5 Å². The van der Waals surface area contributed by atoms with E-state index in [4.69, 9.17) is 5.73 Å². The van der Waals surface area contributed by atoms with Crippen LogP contribution in [0.4, 0.5) is 0 Å². The van der Waals surface area contributed by atoms with E-state index in [1.165, 1.54) is 0 Å². The summed E-state index contributed by atoms with van der Waals surface area (Å²) >= 11 is 0. The number of aromatic amines is 1. The molecule has 1 aromatic heterocycles. The molecule has 1 saturated carbocycles. The summed E-state index contributed by atoms with van der Waals surface area (Å²) in [7, 11) is 0. The average Bonchev–Trinajstić information content (AvgIpc) is 3.09. The minimum atomic E-state index is -0.211. The van der Waals surface area contributed by atoms with Crippen LogP contribution in [0, 0.1) is 11.8 Å². The first-order chi connectivity index (χ1) is 10.6. The van der Waals surface area contributed by atoms with E-state index >= 15 is 0 Å². The van der Waals surface area contributed by atoms with E-state index in [1.807, 2.05) is 23.1 Å². The molecule has 23 heavy (non-hydrogen) atoms. The molecule has 1 aromatic carbocycles. The number of nitrogens with one attached hydrogen (secondary N) is 1. The highest BCUT2D eigenvalue weighted by atomic mass is 35.5. The van der Waals surface area contributed by atoms with Gasteiger partial charge in [-0.1, -0.05) is 18.2 Å². The SMILES string of the molecule is Cl.NC1CCC2CN(C(=O)c3cc4ccccc4c(=O)[nH]3)CC12. The highest BCUT2D eigenvalue weighted by Crippen LogP contribution is 2.37. The molecule has 2 fully saturated rings. The number of carbonyl (C=O) groups excluding carboxylic acids is 1. The lowest BCUT2D eigenvalue weighted by Crippen LogP contribution is -2.34. The van der Waals surface area contributed by atoms with Crippen molar-refractivity contribution in [2.75, 3.05) is 13.1 Å². The molecule has 4 rings (SSSR count). The first-order valence-corrected chi connectivity index (χ1v) is 7.80. The number of aromatic nitrogens is 1. The van der Waals surface area contributed by atoms with Gasteiger partial charge in [0.05, 0.1) is 0 Å². The van der Waals surface area contributed by atoms with Gasteiger partial charge in [0.2, 0.25) is 0 Å². The minimum absolute atomic E-state index is 0. The van der Waals surface area contributed by atoms with E-state index in [0.717, 1.165) is 24.8 Å². The Morgan fingerprint density at radius 3 is 2.78 bits per heavy atom. The van der Waals surface area contributed by atoms with Crippen molar-refractivity contribution in [3.63, 3.8) is 0 Å². The maximum absolute atomic E-state index is 12.7. The van der Waals surface area contributed by atoms with Gasteiger partial charge in [-0.05, 0) is 42.2 Å². The maximum atomic E-state index is 12.7. The molecule has 1 amide bonds. The van der Waals surface area contributed by atoms with Crippen LogP contribution in [0.25, 0.3) is 10.8 Å². The van der Waals surface area contributed by atoms with E-state index in [1.54, 1.807) is 12.1 Å². The first-order valence-electron chi connectivity index (χ1n) is 7.80. The number of H-pyrrole nitrogens is 1. The number of amides is 1. The molecule has 0 bridgehead atoms. The molecule has 3 atom stereocenters. The summed E-state index contributed by atoms with van der Waals surface area (Å²) < 4.78 is 0. The van der Waals surface area contributed by atoms with Crippen molar-refractivity contribution in [3.8, 4) is 0 Å². The van der Waals surface area contributed by atoms with Crippen molar-refractivity contribution >= 4 is 29.1 Å². The number of hydrogen-bond donors (Lipinski definition) is 2. The largest absolute Gasteiger partial charge is 0.337 e. The Morgan fingerprint density at radius 2 is 2.00 bits per heavy atom. The predicted octanol–water partition coefficient (Wildman–Crippen LogP) is 1.76. The van der Waals surface area contributed by atoms with Gasteiger partial charge >= 0.3 is 0 Å². The molecule has 3 N–H and O–H groups in total. The molecule has 0 radical (unpaired) electrons. The highest BCUT2D eigenvalue weighted by Gasteiger charge is 2.42. The fraction of sp³-hybridized carbons (Fsp3) is 0.412. The van der Waals surface area contributed by atoms with Crippen LogP contribution in [0.1, 0.15) is 23.3 Å². The third-order valence-electron chi connectivity index (χ3n) is 5.18. The number of pyridine rings is 1. The Kier molecular flexibility index (Phi) is 4.17. The van der Waals surface area contributed by atoms with Gasteiger partial charge < -0.3 is 15.6 Å². The molecule has 1 aliphatic heterocycles. The Labute approximate surface area is 140 Å². The molecular formula is C17H20ClN3O2. The summed E-state index contributed by atoms with van der Waals surface area (Å²) in [5.74, 6) is 0.840. The summed E-state index contributed by atoms with van der Waals surface area (Å²) in [6.45, 7) is 1.46. The van der Waals surface area contributed by atoms with E-state index < -0.39 is 0 Å². The van der Waals surface area contributed by atoms with Crippen LogP contribution in [0.15, 0.2) is 35.1 Å². The first kappa shape index (κ1) is 16.0. The fourth-order valence-corrected chi connectivity index (χ4v) is 3.97. The van der Waals surface area contributed by atoms with Crippen LogP contribution in [-0.2, 0) is 0 Å². The average molecular weight is 334 g/mol. The van der Waals surface area contributed by atoms with Gasteiger partial charge in [-0.3, -0.25) is 9.59 Å². The molecule has 2 aromatic rings. The molecule has 1 aliphatic carbocycles. The lowest BCUT2D eigenvalue weighted by atomic mass is 9.98. The molecule has 6 heteroatoms. The van der Waals surface area contributed by atoms with Crippen molar-refractivity contribution < 1.29 is 4.79 Å². The zero-order chi connectivity index (χ0) is 15.3. The second-order valence-electron chi connectivity index (χ2n) is 6.47. The molecule has 5 nitrogen and oxygen atoms in total. The number of rotatable bonds is 1. The van der Waals surface area contributed by atoms with E-state index in [0.29, 0.717) is 29.5 Å². The monoisotopic (exact) mass is 333 g/mol. The second kappa shape index (κ2) is 5.98. The zero-order valence-corrected chi connectivity index (χ0v) is 13.5. The van der Waals surface area contributed by atoms with Gasteiger partial charge in [0.15, 0.2) is 0 Å². The molecule has 122 valence electrons. The van der Waals surface area contributed by atoms with E-state index in [2.05, 4.69) is 4.98 Å². The fourth-order valence-electron chi connectivity index (χ4n) is 3.97. The van der Waals surface area contributed by atoms with Crippen molar-refractivity contribution in [2.24, 2.45) is 17.6 Å². The standard InChI is InChI=1S/C17H19N3O2.ClH/c18-14-6-5-11-8-20(9-13(11)14)17(22)15-7-10-3-1-2-4-12(10)16(21)19-15;/h1-4,7,11,13-14H,5-6,8-9,18H2,(H,19,21);1H. The van der Waals surface area contributed by atoms with Gasteiger partial charge in [-0.15, -0.1) is 12.4 Å². The minimum Gasteiger partial charge on any atom is -0.337 e. The Balaban J connectivity index is 0.00000156. The van der Waals surface area contributed by atoms with Crippen molar-refractivity contribution in [1.29, 1.82) is 0 Å². The van der Waals surface area contributed by atoms with Gasteiger partial charge in [-0.25, -0.2) is 0 Å². The van der Waals surface area contributed by atoms with Crippen LogP contribution >= 0.6 is 12.4 Å². The third-order valence-corrected chi connectivity index (χ3v) is 5.18. The number of carbonyl (C=O) groups is 1. The number of fused-ring (bicyclic) bond motifs is 2. The quantitative estimate of drug-likeness (QED) is 0.834. The highest BCUT2D eigenvalue weighted by molar-refractivity contribution is 5.96. The normalized spacial score (nSPS) is 26.1. The number of nitrogens with two attached hydrogens (primary N) is 1. The van der Waals surface area contributed by atoms with Crippen LogP contribution in [0.3, 0.4) is 0 Å². The second-order valence-corrected chi connectivity index (χ2v) is 6.47. The molecule has 2 aliphatic rings. The number of likely N-dealkylation sites (tertiary alicyclic amines) is 1. The van der Waals surface area contributed by atoms with Crippen molar-refractivity contribution in [1.82, 2.24) is 9.88 Å². The summed E-state index contributed by atoms with van der Waals surface area (Å²) in [6, 6.07) is 9.29. The molecule has 1 saturated heterocycles. The number of hydrogen-bond acceptors (Lipinski definition) is 3. The molecule has 0 spiro atoms. The summed E-state index contributed by atoms with van der Waals surface area (Å²) in [5, 5.41) is 1.41. The van der Waals surface area contributed by atoms with E-state index in [9.17, 15) is 9.59 Å². The summed E-state index contributed by atoms with van der Waals surface area (Å²) in [5.41, 5.74) is 6.29. The summed E-state index contributed by atoms with van der Waals surface area (Å²) in [6.07, 6.45) is 2.16. The predicted molar refractivity (Wildman–Crippen MR) is 91.9 cm³/mol. The van der Waals surface area contributed by atoms with Crippen LogP contribution in [0.2, 0.25) is 0 Å². The summed E-state index contributed by atoms with van der Waals surface area (Å²) in [4.78, 5) is 29.4. The topological polar surface area (TPSA) is 79.2 Å². The third kappa shape index (κ3) is 2.64. The number of benzene rings is 1. The Bertz CT molecular complexity index is 804. The van der Waals surface area contributed by atoms with Gasteiger partial charge in [0.25, 0.3) is 11.5 Å². The Hall–Kier alpha value is -1.85. The van der Waals surface area contributed by atoms with Crippen molar-refractivity contribution in [3.05, 3.63) is 46.4 Å². The number of nitrogens with zero attached hydrogens (tertiary/aromatic N) is 1. The van der Waals surface area contributed by atoms with Crippen LogP contribution in [0.5, 0.6) is 0 Å². The lowest BCUT2D eigenvalue weighted by molar-refractivity contribution is 0.0773. The zero-order valence-electron chi connectivity index (χ0n) is 12.7. The maximum Gasteiger partial charge on any atom is 0.270 e. The van der Waals surface area contributed by atoms with Crippen LogP contribution in [-0.4, -0.2) is 34.9 Å². The molecule has 3 unspecified atom stereocenters. The Morgan fingerprint density at radius 1 is 1.22 bits per heavy atom.